The molecule has 114 valence electrons. The van der Waals surface area contributed by atoms with Gasteiger partial charge in [-0.25, -0.2) is 9.78 Å². The fourth-order valence-corrected chi connectivity index (χ4v) is 2.45. The van der Waals surface area contributed by atoms with Crippen LogP contribution in [0.5, 0.6) is 0 Å². The number of carbonyl (C=O) groups is 2. The first kappa shape index (κ1) is 15.2. The van der Waals surface area contributed by atoms with E-state index < -0.39 is 12.0 Å². The molecule has 1 atom stereocenters. The number of amides is 1. The van der Waals surface area contributed by atoms with Crippen LogP contribution in [0.4, 0.5) is 5.82 Å². The van der Waals surface area contributed by atoms with Gasteiger partial charge in [-0.15, -0.1) is 0 Å². The molecule has 0 saturated carbocycles. The monoisotopic (exact) mass is 292 g/mol. The van der Waals surface area contributed by atoms with Gasteiger partial charge in [-0.3, -0.25) is 9.78 Å². The third-order valence-corrected chi connectivity index (χ3v) is 3.76. The number of hydrogen-bond acceptors (Lipinski definition) is 5. The Bertz CT molecular complexity index is 486. The molecule has 1 fully saturated rings. The summed E-state index contributed by atoms with van der Waals surface area (Å²) >= 11 is 0. The van der Waals surface area contributed by atoms with Crippen molar-refractivity contribution in [2.45, 2.75) is 32.2 Å². The predicted molar refractivity (Wildman–Crippen MR) is 76.8 cm³/mol. The highest BCUT2D eigenvalue weighted by atomic mass is 16.4. The number of piperidine rings is 1. The Hall–Kier alpha value is -2.18. The molecule has 0 aliphatic carbocycles. The second kappa shape index (κ2) is 7.01. The van der Waals surface area contributed by atoms with Gasteiger partial charge < -0.3 is 15.3 Å². The van der Waals surface area contributed by atoms with Crippen LogP contribution < -0.4 is 10.2 Å². The topological polar surface area (TPSA) is 95.4 Å². The van der Waals surface area contributed by atoms with Crippen LogP contribution in [0.2, 0.25) is 0 Å². The van der Waals surface area contributed by atoms with Crippen LogP contribution in [0.25, 0.3) is 0 Å². The molecule has 7 heteroatoms. The van der Waals surface area contributed by atoms with E-state index in [9.17, 15) is 9.59 Å². The molecular formula is C14H20N4O3. The number of carboxylic acids is 1. The Morgan fingerprint density at radius 2 is 2.14 bits per heavy atom. The zero-order chi connectivity index (χ0) is 15.2. The van der Waals surface area contributed by atoms with Crippen molar-refractivity contribution < 1.29 is 14.7 Å². The molecule has 1 aliphatic rings. The van der Waals surface area contributed by atoms with Gasteiger partial charge in [0.1, 0.15) is 11.9 Å². The van der Waals surface area contributed by atoms with Gasteiger partial charge in [-0.1, -0.05) is 6.92 Å². The summed E-state index contributed by atoms with van der Waals surface area (Å²) in [5.74, 6) is -0.467. The van der Waals surface area contributed by atoms with Crippen LogP contribution in [0.15, 0.2) is 18.6 Å². The van der Waals surface area contributed by atoms with Crippen molar-refractivity contribution in [2.24, 2.45) is 5.92 Å². The molecule has 1 amide bonds. The van der Waals surface area contributed by atoms with E-state index in [1.807, 2.05) is 0 Å². The van der Waals surface area contributed by atoms with Crippen molar-refractivity contribution in [3.05, 3.63) is 18.6 Å². The van der Waals surface area contributed by atoms with Gasteiger partial charge in [0.15, 0.2) is 0 Å². The van der Waals surface area contributed by atoms with Crippen LogP contribution in [0, 0.1) is 5.92 Å². The van der Waals surface area contributed by atoms with Crippen molar-refractivity contribution >= 4 is 17.7 Å². The van der Waals surface area contributed by atoms with Crippen molar-refractivity contribution in [1.29, 1.82) is 0 Å². The highest BCUT2D eigenvalue weighted by Crippen LogP contribution is 2.21. The maximum atomic E-state index is 12.1. The fraction of sp³-hybridized carbons (Fsp3) is 0.571. The molecule has 7 nitrogen and oxygen atoms in total. The first-order valence-electron chi connectivity index (χ1n) is 7.16. The van der Waals surface area contributed by atoms with Crippen LogP contribution in [0.3, 0.4) is 0 Å². The Morgan fingerprint density at radius 1 is 1.43 bits per heavy atom. The number of nitrogens with one attached hydrogen (secondary N) is 1. The standard InChI is InChI=1S/C14H20N4O3/c1-2-11(14(20)21)17-13(19)10-3-7-18(8-4-10)12-9-15-5-6-16-12/h5-6,9-11H,2-4,7-8H2,1H3,(H,17,19)(H,20,21). The number of aromatic nitrogens is 2. The molecule has 2 N–H and O–H groups in total. The number of carboxylic acid groups (broad SMARTS) is 1. The lowest BCUT2D eigenvalue weighted by Crippen LogP contribution is -2.46. The van der Waals surface area contributed by atoms with Gasteiger partial charge >= 0.3 is 5.97 Å². The van der Waals surface area contributed by atoms with Gasteiger partial charge in [0.25, 0.3) is 0 Å². The SMILES string of the molecule is CCC(NC(=O)C1CCN(c2cnccn2)CC1)C(=O)O. The van der Waals surface area contributed by atoms with Crippen molar-refractivity contribution in [3.8, 4) is 0 Å². The normalized spacial score (nSPS) is 17.3. The van der Waals surface area contributed by atoms with E-state index in [1.165, 1.54) is 0 Å². The molecule has 21 heavy (non-hydrogen) atoms. The van der Waals surface area contributed by atoms with Crippen LogP contribution in [0.1, 0.15) is 26.2 Å². The summed E-state index contributed by atoms with van der Waals surface area (Å²) in [6, 6.07) is -0.796. The smallest absolute Gasteiger partial charge is 0.326 e. The lowest BCUT2D eigenvalue weighted by Gasteiger charge is -2.32. The van der Waals surface area contributed by atoms with Gasteiger partial charge in [0.05, 0.1) is 6.20 Å². The summed E-state index contributed by atoms with van der Waals surface area (Å²) in [5.41, 5.74) is 0. The molecule has 1 saturated heterocycles. The van der Waals surface area contributed by atoms with Crippen LogP contribution in [-0.4, -0.2) is 46.1 Å². The quantitative estimate of drug-likeness (QED) is 0.828. The van der Waals surface area contributed by atoms with E-state index in [-0.39, 0.29) is 11.8 Å². The van der Waals surface area contributed by atoms with Crippen molar-refractivity contribution in [3.63, 3.8) is 0 Å². The second-order valence-corrected chi connectivity index (χ2v) is 5.13. The van der Waals surface area contributed by atoms with Gasteiger partial charge in [-0.2, -0.15) is 0 Å². The molecule has 2 rings (SSSR count). The first-order chi connectivity index (χ1) is 10.1. The zero-order valence-corrected chi connectivity index (χ0v) is 12.0. The van der Waals surface area contributed by atoms with Gasteiger partial charge in [0.2, 0.25) is 5.91 Å². The molecule has 0 bridgehead atoms. The molecule has 0 spiro atoms. The highest BCUT2D eigenvalue weighted by molar-refractivity contribution is 5.85. The third-order valence-electron chi connectivity index (χ3n) is 3.76. The van der Waals surface area contributed by atoms with E-state index in [0.29, 0.717) is 19.3 Å². The maximum absolute atomic E-state index is 12.1. The minimum absolute atomic E-state index is 0.133. The highest BCUT2D eigenvalue weighted by Gasteiger charge is 2.28. The molecule has 1 aromatic rings. The summed E-state index contributed by atoms with van der Waals surface area (Å²) in [5, 5.41) is 11.6. The number of nitrogens with zero attached hydrogens (tertiary/aromatic N) is 3. The Kier molecular flexibility index (Phi) is 5.08. The van der Waals surface area contributed by atoms with Crippen molar-refractivity contribution in [2.75, 3.05) is 18.0 Å². The van der Waals surface area contributed by atoms with Gasteiger partial charge in [-0.05, 0) is 19.3 Å². The lowest BCUT2D eigenvalue weighted by molar-refractivity contribution is -0.142. The van der Waals surface area contributed by atoms with E-state index in [2.05, 4.69) is 20.2 Å². The van der Waals surface area contributed by atoms with Crippen LogP contribution in [-0.2, 0) is 9.59 Å². The number of carbonyl (C=O) groups excluding carboxylic acids is 1. The molecule has 1 unspecified atom stereocenters. The number of anilines is 1. The second-order valence-electron chi connectivity index (χ2n) is 5.13. The van der Waals surface area contributed by atoms with Crippen LogP contribution >= 0.6 is 0 Å². The molecule has 1 aromatic heterocycles. The number of aliphatic carboxylic acids is 1. The average Bonchev–Trinajstić information content (AvgIpc) is 2.53. The minimum atomic E-state index is -0.983. The summed E-state index contributed by atoms with van der Waals surface area (Å²) in [6.07, 6.45) is 6.75. The molecular weight excluding hydrogens is 272 g/mol. The van der Waals surface area contributed by atoms with E-state index in [1.54, 1.807) is 25.5 Å². The molecule has 0 radical (unpaired) electrons. The Labute approximate surface area is 123 Å². The summed E-state index contributed by atoms with van der Waals surface area (Å²) < 4.78 is 0. The summed E-state index contributed by atoms with van der Waals surface area (Å²) in [7, 11) is 0. The number of rotatable bonds is 5. The number of hydrogen-bond donors (Lipinski definition) is 2. The average molecular weight is 292 g/mol. The molecule has 2 heterocycles. The summed E-state index contributed by atoms with van der Waals surface area (Å²) in [6.45, 7) is 3.19. The van der Waals surface area contributed by atoms with E-state index in [0.717, 1.165) is 18.9 Å². The maximum Gasteiger partial charge on any atom is 0.326 e. The van der Waals surface area contributed by atoms with E-state index in [4.69, 9.17) is 5.11 Å². The van der Waals surface area contributed by atoms with Gasteiger partial charge in [0, 0.05) is 31.4 Å². The molecule has 1 aliphatic heterocycles. The Morgan fingerprint density at radius 3 is 2.67 bits per heavy atom. The first-order valence-corrected chi connectivity index (χ1v) is 7.16. The predicted octanol–water partition coefficient (Wildman–Crippen LogP) is 0.672. The van der Waals surface area contributed by atoms with E-state index >= 15 is 0 Å². The lowest BCUT2D eigenvalue weighted by atomic mass is 9.95. The Balaban J connectivity index is 1.86. The van der Waals surface area contributed by atoms with Crippen molar-refractivity contribution in [1.82, 2.24) is 15.3 Å². The fourth-order valence-electron chi connectivity index (χ4n) is 2.45. The summed E-state index contributed by atoms with van der Waals surface area (Å²) in [4.78, 5) is 33.4. The minimum Gasteiger partial charge on any atom is -0.480 e. The largest absolute Gasteiger partial charge is 0.480 e. The third kappa shape index (κ3) is 3.90. The molecule has 0 aromatic carbocycles. The zero-order valence-electron chi connectivity index (χ0n) is 12.0.